The molecule has 8 rings (SSSR count). The van der Waals surface area contributed by atoms with Crippen LogP contribution in [-0.2, 0) is 24.3 Å². The lowest BCUT2D eigenvalue weighted by atomic mass is 9.73. The van der Waals surface area contributed by atoms with E-state index in [0.717, 1.165) is 0 Å². The molecule has 0 aromatic heterocycles. The van der Waals surface area contributed by atoms with Crippen molar-refractivity contribution in [2.24, 2.45) is 0 Å². The van der Waals surface area contributed by atoms with Crippen molar-refractivity contribution in [3.8, 4) is 22.6 Å². The first-order valence-electron chi connectivity index (χ1n) is 22.2. The molecule has 25 heteroatoms. The quantitative estimate of drug-likeness (QED) is 0.0422. The van der Waals surface area contributed by atoms with Crippen LogP contribution in [0.1, 0.15) is 84.0 Å². The minimum absolute atomic E-state index is 0.00940. The Bertz CT molecular complexity index is 2910. The fraction of sp³-hybridized carbons (Fsp3) is 0.280. The van der Waals surface area contributed by atoms with E-state index in [-0.39, 0.29) is 38.8 Å². The van der Waals surface area contributed by atoms with Gasteiger partial charge in [-0.1, -0.05) is 38.8 Å². The first kappa shape index (κ1) is 54.7. The van der Waals surface area contributed by atoms with Crippen LogP contribution in [0.15, 0.2) is 24.3 Å². The fourth-order valence-electron chi connectivity index (χ4n) is 9.97. The maximum atomic E-state index is 16.4. The van der Waals surface area contributed by atoms with Gasteiger partial charge in [-0.25, -0.2) is 87.8 Å². The standard InChI is InChI=1S/C50H32F20NO4/c1-3-5-11-71(12-6-4-2)15-17-19(49(72,25-29(51)37(59)45(67)38(60)30(25)52)26-31(53)39(61)46(68)40(62)32(26)54)7-9-21-23(17)24-18(16-71)20(8-10-22(24)75-14-13-74-21)50(73,27-33(55)41(63)47(69)42(64)34(27)56)28-35(57)43(65)48(70)44(66)36(28)58/h7-10,72-73H,3-6,11-16H2,1-2H3/q+1. The molecular weight excluding hydrogens is 1060 g/mol. The maximum Gasteiger partial charge on any atom is 0.200 e. The van der Waals surface area contributed by atoms with Crippen LogP contribution in [-0.4, -0.2) is 41.0 Å². The van der Waals surface area contributed by atoms with E-state index in [9.17, 15) is 27.8 Å². The van der Waals surface area contributed by atoms with E-state index >= 15 is 70.2 Å². The van der Waals surface area contributed by atoms with E-state index in [2.05, 4.69) is 0 Å². The minimum atomic E-state index is -4.81. The first-order valence-corrected chi connectivity index (χ1v) is 22.2. The van der Waals surface area contributed by atoms with Gasteiger partial charge in [0.1, 0.15) is 37.8 Å². The number of benzene rings is 6. The van der Waals surface area contributed by atoms with Gasteiger partial charge in [-0.05, 0) is 25.0 Å². The molecule has 400 valence electrons. The summed E-state index contributed by atoms with van der Waals surface area (Å²) in [5.74, 6) is -61.4. The third kappa shape index (κ3) is 7.95. The highest BCUT2D eigenvalue weighted by molar-refractivity contribution is 5.85. The Hall–Kier alpha value is -6.60. The van der Waals surface area contributed by atoms with Crippen LogP contribution in [0.3, 0.4) is 0 Å². The highest BCUT2D eigenvalue weighted by atomic mass is 19.2. The van der Waals surface area contributed by atoms with E-state index in [1.54, 1.807) is 13.8 Å². The summed E-state index contributed by atoms with van der Waals surface area (Å²) in [7, 11) is 0. The summed E-state index contributed by atoms with van der Waals surface area (Å²) in [5.41, 5.74) is -26.6. The van der Waals surface area contributed by atoms with E-state index < -0.39 is 225 Å². The SMILES string of the molecule is CCCC[N+]1(CCCC)Cc2c(C(O)(c3c(F)c(F)c(F)c(F)c3F)c3c(F)c(F)c(F)c(F)c3F)ccc3c2-c2c(ccc(C(O)(c4c(F)c(F)c(F)c(F)c4F)c4c(F)c(F)c(F)c(F)c4F)c2C1)OCCO3. The number of hydrogen-bond donors (Lipinski definition) is 2. The molecule has 0 aliphatic carbocycles. The van der Waals surface area contributed by atoms with Crippen molar-refractivity contribution in [3.05, 3.63) is 185 Å². The van der Waals surface area contributed by atoms with Crippen molar-refractivity contribution in [1.29, 1.82) is 0 Å². The van der Waals surface area contributed by atoms with Crippen molar-refractivity contribution in [3.63, 3.8) is 0 Å². The number of rotatable bonds is 12. The molecule has 75 heavy (non-hydrogen) atoms. The number of unbranched alkanes of at least 4 members (excludes halogenated alkanes) is 2. The van der Waals surface area contributed by atoms with Gasteiger partial charge >= 0.3 is 0 Å². The summed E-state index contributed by atoms with van der Waals surface area (Å²) in [4.78, 5) is 0. The zero-order valence-corrected chi connectivity index (χ0v) is 38.1. The smallest absolute Gasteiger partial charge is 0.200 e. The van der Waals surface area contributed by atoms with Gasteiger partial charge < -0.3 is 24.2 Å². The third-order valence-electron chi connectivity index (χ3n) is 13.4. The van der Waals surface area contributed by atoms with Crippen molar-refractivity contribution in [2.75, 3.05) is 26.3 Å². The molecule has 0 saturated carbocycles. The summed E-state index contributed by atoms with van der Waals surface area (Å²) >= 11 is 0. The van der Waals surface area contributed by atoms with Gasteiger partial charge in [0.15, 0.2) is 104 Å². The average molecular weight is 1090 g/mol. The lowest BCUT2D eigenvalue weighted by Gasteiger charge is -2.41. The molecule has 0 amide bonds. The normalized spacial score (nSPS) is 14.3. The Morgan fingerprint density at radius 2 is 0.600 bits per heavy atom. The number of quaternary nitrogens is 1. The Kier molecular flexibility index (Phi) is 14.2. The van der Waals surface area contributed by atoms with E-state index in [1.807, 2.05) is 0 Å². The van der Waals surface area contributed by atoms with Gasteiger partial charge in [0.05, 0.1) is 35.3 Å². The van der Waals surface area contributed by atoms with Crippen molar-refractivity contribution in [2.45, 2.75) is 63.8 Å². The summed E-state index contributed by atoms with van der Waals surface area (Å²) in [6.45, 7) is -0.640. The molecule has 2 heterocycles. The molecule has 2 N–H and O–H groups in total. The molecule has 5 nitrogen and oxygen atoms in total. The van der Waals surface area contributed by atoms with Crippen molar-refractivity contribution >= 4 is 0 Å². The zero-order chi connectivity index (χ0) is 55.3. The second-order valence-corrected chi connectivity index (χ2v) is 17.6. The highest BCUT2D eigenvalue weighted by Gasteiger charge is 2.55. The maximum absolute atomic E-state index is 16.4. The van der Waals surface area contributed by atoms with Gasteiger partial charge in [0.2, 0.25) is 23.3 Å². The molecule has 2 aliphatic rings. The monoisotopic (exact) mass is 1090 g/mol. The van der Waals surface area contributed by atoms with Gasteiger partial charge in [-0.15, -0.1) is 0 Å². The number of aliphatic hydroxyl groups is 2. The predicted molar refractivity (Wildman–Crippen MR) is 219 cm³/mol. The molecule has 0 fully saturated rings. The van der Waals surface area contributed by atoms with Crippen LogP contribution < -0.4 is 9.47 Å². The average Bonchev–Trinajstić information content (AvgIpc) is 3.53. The first-order chi connectivity index (χ1) is 35.2. The Labute approximate surface area is 409 Å². The fourth-order valence-corrected chi connectivity index (χ4v) is 9.97. The van der Waals surface area contributed by atoms with Crippen LogP contribution in [0, 0.1) is 116 Å². The number of halogens is 20. The van der Waals surface area contributed by atoms with Crippen LogP contribution >= 0.6 is 0 Å². The third-order valence-corrected chi connectivity index (χ3v) is 13.4. The molecule has 0 unspecified atom stereocenters. The van der Waals surface area contributed by atoms with Gasteiger partial charge in [0.25, 0.3) is 0 Å². The van der Waals surface area contributed by atoms with Crippen molar-refractivity contribution in [1.82, 2.24) is 0 Å². The molecule has 0 atom stereocenters. The molecule has 6 aromatic rings. The van der Waals surface area contributed by atoms with Gasteiger partial charge in [-0.2, -0.15) is 0 Å². The molecular formula is C50H32F20NO4+. The number of hydrogen-bond acceptors (Lipinski definition) is 4. The second-order valence-electron chi connectivity index (χ2n) is 17.6. The largest absolute Gasteiger partial charge is 0.489 e. The molecule has 2 aliphatic heterocycles. The highest BCUT2D eigenvalue weighted by Crippen LogP contribution is 2.56. The Morgan fingerprint density at radius 1 is 0.373 bits per heavy atom. The topological polar surface area (TPSA) is 58.9 Å². The van der Waals surface area contributed by atoms with E-state index in [0.29, 0.717) is 24.3 Å². The number of ether oxygens (including phenoxy) is 2. The van der Waals surface area contributed by atoms with Gasteiger partial charge in [-0.3, -0.25) is 0 Å². The predicted octanol–water partition coefficient (Wildman–Crippen LogP) is 12.9. The molecule has 0 radical (unpaired) electrons. The molecule has 0 spiro atoms. The van der Waals surface area contributed by atoms with E-state index in [4.69, 9.17) is 9.47 Å². The van der Waals surface area contributed by atoms with E-state index in [1.165, 1.54) is 0 Å². The van der Waals surface area contributed by atoms with Crippen LogP contribution in [0.2, 0.25) is 0 Å². The number of nitrogens with zero attached hydrogens (tertiary/aromatic N) is 1. The van der Waals surface area contributed by atoms with Crippen LogP contribution in [0.4, 0.5) is 87.8 Å². The minimum Gasteiger partial charge on any atom is -0.489 e. The Morgan fingerprint density at radius 3 is 0.827 bits per heavy atom. The van der Waals surface area contributed by atoms with Crippen LogP contribution in [0.25, 0.3) is 11.1 Å². The molecule has 6 aromatic carbocycles. The molecule has 0 bridgehead atoms. The summed E-state index contributed by atoms with van der Waals surface area (Å²) in [6.07, 6.45) is 0.334. The van der Waals surface area contributed by atoms with Gasteiger partial charge in [0, 0.05) is 33.4 Å². The summed E-state index contributed by atoms with van der Waals surface area (Å²) in [6, 6.07) is 2.16. The van der Waals surface area contributed by atoms with Crippen LogP contribution in [0.5, 0.6) is 11.5 Å². The summed E-state index contributed by atoms with van der Waals surface area (Å²) in [5, 5.41) is 25.9. The lowest BCUT2D eigenvalue weighted by molar-refractivity contribution is -0.953. The second kappa shape index (κ2) is 19.5. The molecule has 0 saturated heterocycles. The van der Waals surface area contributed by atoms with Crippen molar-refractivity contribution < 1.29 is 112 Å². The lowest BCUT2D eigenvalue weighted by Crippen LogP contribution is -2.49. The summed E-state index contributed by atoms with van der Waals surface area (Å²) < 4.78 is 324. The zero-order valence-electron chi connectivity index (χ0n) is 38.1. The Balaban J connectivity index is 1.68.